The summed E-state index contributed by atoms with van der Waals surface area (Å²) in [6, 6.07) is -0.704. The van der Waals surface area contributed by atoms with E-state index in [1.165, 1.54) is 0 Å². The molecule has 4 nitrogen and oxygen atoms in total. The molecule has 0 bridgehead atoms. The second kappa shape index (κ2) is 5.84. The summed E-state index contributed by atoms with van der Waals surface area (Å²) in [6.07, 6.45) is 4.47. The van der Waals surface area contributed by atoms with E-state index in [0.29, 0.717) is 13.0 Å². The molecular formula is C13H22N2O2. The average Bonchev–Trinajstić information content (AvgIpc) is 2.29. The number of amides is 2. The highest BCUT2D eigenvalue weighted by atomic mass is 16.2. The summed E-state index contributed by atoms with van der Waals surface area (Å²) in [7, 11) is 0. The maximum absolute atomic E-state index is 12.3. The van der Waals surface area contributed by atoms with Gasteiger partial charge in [0.25, 0.3) is 0 Å². The lowest BCUT2D eigenvalue weighted by Crippen LogP contribution is -2.64. The van der Waals surface area contributed by atoms with Gasteiger partial charge in [-0.2, -0.15) is 0 Å². The third-order valence-corrected chi connectivity index (χ3v) is 3.12. The molecule has 1 N–H and O–H groups in total. The SMILES string of the molecule is C/C=C/CN1C(=O)C(C(C)C)NC(=O)C1CC. The predicted molar refractivity (Wildman–Crippen MR) is 67.4 cm³/mol. The number of carbonyl (C=O) groups is 2. The van der Waals surface area contributed by atoms with Crippen molar-refractivity contribution in [3.05, 3.63) is 12.2 Å². The maximum atomic E-state index is 12.3. The lowest BCUT2D eigenvalue weighted by molar-refractivity contribution is -0.150. The van der Waals surface area contributed by atoms with Crippen molar-refractivity contribution < 1.29 is 9.59 Å². The standard InChI is InChI=1S/C13H22N2O2/c1-5-7-8-15-10(6-2)12(16)14-11(9(3)4)13(15)17/h5,7,9-11H,6,8H2,1-4H3,(H,14,16)/b7-5+. The molecule has 0 radical (unpaired) electrons. The van der Waals surface area contributed by atoms with Gasteiger partial charge in [-0.05, 0) is 19.3 Å². The zero-order valence-electron chi connectivity index (χ0n) is 11.1. The number of carbonyl (C=O) groups excluding carboxylic acids is 2. The Morgan fingerprint density at radius 2 is 2.06 bits per heavy atom. The van der Waals surface area contributed by atoms with Gasteiger partial charge in [0.05, 0.1) is 0 Å². The van der Waals surface area contributed by atoms with Gasteiger partial charge in [0.15, 0.2) is 0 Å². The first-order chi connectivity index (χ1) is 8.02. The molecule has 1 saturated heterocycles. The van der Waals surface area contributed by atoms with Crippen LogP contribution >= 0.6 is 0 Å². The molecule has 0 aromatic carbocycles. The van der Waals surface area contributed by atoms with Crippen LogP contribution < -0.4 is 5.32 Å². The molecule has 2 amide bonds. The molecule has 17 heavy (non-hydrogen) atoms. The first-order valence-corrected chi connectivity index (χ1v) is 6.24. The van der Waals surface area contributed by atoms with Gasteiger partial charge in [0.2, 0.25) is 11.8 Å². The number of hydrogen-bond donors (Lipinski definition) is 1. The highest BCUT2D eigenvalue weighted by Crippen LogP contribution is 2.17. The number of allylic oxidation sites excluding steroid dienone is 1. The van der Waals surface area contributed by atoms with Crippen molar-refractivity contribution in [3.63, 3.8) is 0 Å². The molecule has 0 aromatic heterocycles. The Labute approximate surface area is 103 Å². The Kier molecular flexibility index (Phi) is 4.73. The van der Waals surface area contributed by atoms with Gasteiger partial charge in [-0.25, -0.2) is 0 Å². The van der Waals surface area contributed by atoms with Crippen molar-refractivity contribution in [2.45, 2.75) is 46.2 Å². The van der Waals surface area contributed by atoms with E-state index in [9.17, 15) is 9.59 Å². The molecule has 1 rings (SSSR count). The molecule has 1 aliphatic heterocycles. The minimum absolute atomic E-state index is 0.0320. The Bertz CT molecular complexity index is 323. The monoisotopic (exact) mass is 238 g/mol. The third kappa shape index (κ3) is 2.87. The van der Waals surface area contributed by atoms with Crippen molar-refractivity contribution in [2.24, 2.45) is 5.92 Å². The topological polar surface area (TPSA) is 49.4 Å². The first kappa shape index (κ1) is 13.7. The molecule has 1 aliphatic rings. The van der Waals surface area contributed by atoms with E-state index in [0.717, 1.165) is 0 Å². The van der Waals surface area contributed by atoms with Gasteiger partial charge in [-0.1, -0.05) is 32.9 Å². The molecule has 1 heterocycles. The number of hydrogen-bond acceptors (Lipinski definition) is 2. The second-order valence-electron chi connectivity index (χ2n) is 4.71. The minimum Gasteiger partial charge on any atom is -0.342 e. The zero-order chi connectivity index (χ0) is 13.0. The highest BCUT2D eigenvalue weighted by molar-refractivity contribution is 5.97. The Hall–Kier alpha value is -1.32. The maximum Gasteiger partial charge on any atom is 0.246 e. The Morgan fingerprint density at radius 1 is 1.41 bits per heavy atom. The summed E-state index contributed by atoms with van der Waals surface area (Å²) in [5.41, 5.74) is 0. The van der Waals surface area contributed by atoms with Crippen LogP contribution in [0, 0.1) is 5.92 Å². The molecule has 2 unspecified atom stereocenters. The van der Waals surface area contributed by atoms with Crippen LogP contribution in [0.2, 0.25) is 0 Å². The van der Waals surface area contributed by atoms with Gasteiger partial charge in [0, 0.05) is 6.54 Å². The second-order valence-corrected chi connectivity index (χ2v) is 4.71. The molecule has 2 atom stereocenters. The van der Waals surface area contributed by atoms with Crippen molar-refractivity contribution in [1.82, 2.24) is 10.2 Å². The molecule has 0 aliphatic carbocycles. The van der Waals surface area contributed by atoms with Crippen molar-refractivity contribution in [2.75, 3.05) is 6.54 Å². The summed E-state index contributed by atoms with van der Waals surface area (Å²) in [6.45, 7) is 8.25. The van der Waals surface area contributed by atoms with Crippen LogP contribution in [-0.2, 0) is 9.59 Å². The van der Waals surface area contributed by atoms with E-state index in [4.69, 9.17) is 0 Å². The fraction of sp³-hybridized carbons (Fsp3) is 0.692. The van der Waals surface area contributed by atoms with E-state index >= 15 is 0 Å². The Balaban J connectivity index is 2.92. The molecule has 1 fully saturated rings. The lowest BCUT2D eigenvalue weighted by Gasteiger charge is -2.39. The van der Waals surface area contributed by atoms with E-state index in [-0.39, 0.29) is 29.8 Å². The summed E-state index contributed by atoms with van der Waals surface area (Å²) in [5.74, 6) is 0.122. The van der Waals surface area contributed by atoms with Gasteiger partial charge >= 0.3 is 0 Å². The largest absolute Gasteiger partial charge is 0.342 e. The summed E-state index contributed by atoms with van der Waals surface area (Å²) in [5, 5.41) is 2.82. The molecule has 0 spiro atoms. The first-order valence-electron chi connectivity index (χ1n) is 6.24. The van der Waals surface area contributed by atoms with Gasteiger partial charge in [-0.15, -0.1) is 0 Å². The van der Waals surface area contributed by atoms with Crippen LogP contribution in [0.5, 0.6) is 0 Å². The van der Waals surface area contributed by atoms with Crippen molar-refractivity contribution in [1.29, 1.82) is 0 Å². The van der Waals surface area contributed by atoms with Gasteiger partial charge in [-0.3, -0.25) is 9.59 Å². The van der Waals surface area contributed by atoms with E-state index in [2.05, 4.69) is 5.32 Å². The summed E-state index contributed by atoms with van der Waals surface area (Å²) in [4.78, 5) is 25.9. The van der Waals surface area contributed by atoms with Crippen LogP contribution in [0.4, 0.5) is 0 Å². The van der Waals surface area contributed by atoms with Crippen LogP contribution in [0.1, 0.15) is 34.1 Å². The predicted octanol–water partition coefficient (Wildman–Crippen LogP) is 1.32. The van der Waals surface area contributed by atoms with Crippen LogP contribution in [0.3, 0.4) is 0 Å². The fourth-order valence-corrected chi connectivity index (χ4v) is 2.08. The van der Waals surface area contributed by atoms with E-state index in [1.54, 1.807) is 4.90 Å². The van der Waals surface area contributed by atoms with Crippen molar-refractivity contribution in [3.8, 4) is 0 Å². The third-order valence-electron chi connectivity index (χ3n) is 3.12. The van der Waals surface area contributed by atoms with E-state index in [1.807, 2.05) is 39.8 Å². The molecule has 4 heteroatoms. The number of rotatable bonds is 4. The lowest BCUT2D eigenvalue weighted by atomic mass is 9.97. The average molecular weight is 238 g/mol. The fourth-order valence-electron chi connectivity index (χ4n) is 2.08. The van der Waals surface area contributed by atoms with E-state index < -0.39 is 0 Å². The number of piperazine rings is 1. The zero-order valence-corrected chi connectivity index (χ0v) is 11.1. The Morgan fingerprint density at radius 3 is 2.53 bits per heavy atom. The smallest absolute Gasteiger partial charge is 0.246 e. The van der Waals surface area contributed by atoms with Crippen LogP contribution in [-0.4, -0.2) is 35.3 Å². The summed E-state index contributed by atoms with van der Waals surface area (Å²) >= 11 is 0. The molecular weight excluding hydrogens is 216 g/mol. The number of nitrogens with zero attached hydrogens (tertiary/aromatic N) is 1. The van der Waals surface area contributed by atoms with Crippen LogP contribution in [0.15, 0.2) is 12.2 Å². The van der Waals surface area contributed by atoms with Crippen LogP contribution in [0.25, 0.3) is 0 Å². The quantitative estimate of drug-likeness (QED) is 0.751. The normalized spacial score (nSPS) is 25.8. The minimum atomic E-state index is -0.379. The summed E-state index contributed by atoms with van der Waals surface area (Å²) < 4.78 is 0. The molecule has 0 saturated carbocycles. The molecule has 96 valence electrons. The number of nitrogens with one attached hydrogen (secondary N) is 1. The molecule has 0 aromatic rings. The highest BCUT2D eigenvalue weighted by Gasteiger charge is 2.39. The van der Waals surface area contributed by atoms with Gasteiger partial charge in [0.1, 0.15) is 12.1 Å². The van der Waals surface area contributed by atoms with Crippen molar-refractivity contribution >= 4 is 11.8 Å². The van der Waals surface area contributed by atoms with Gasteiger partial charge < -0.3 is 10.2 Å².